The van der Waals surface area contributed by atoms with Crippen molar-refractivity contribution in [2.24, 2.45) is 17.8 Å². The molecule has 0 aliphatic heterocycles. The number of benzene rings is 2. The lowest BCUT2D eigenvalue weighted by Crippen LogP contribution is -2.30. The Hall–Kier alpha value is -2.70. The zero-order valence-corrected chi connectivity index (χ0v) is 23.6. The second kappa shape index (κ2) is 18.5. The number of carboxylic acids is 2. The van der Waals surface area contributed by atoms with Gasteiger partial charge >= 0.3 is 11.9 Å². The van der Waals surface area contributed by atoms with Crippen LogP contribution in [0.2, 0.25) is 0 Å². The largest absolute Gasteiger partial charge is 0.478 e. The highest BCUT2D eigenvalue weighted by molar-refractivity contribution is 5.87. The molecule has 2 unspecified atom stereocenters. The smallest absolute Gasteiger partial charge is 0.335 e. The summed E-state index contributed by atoms with van der Waals surface area (Å²) in [5.74, 6) is -0.455. The standard InChI is InChI=1S/2C11H14O2.C9H20O2/c2*1-8(2)7-9-3-5-10(6-4-9)11(12)13;1-4-7(8(10)5-2)9(11)6-3/h2*3-6,8H,7H2,1-2H3,(H,12,13);7-11H,4-6H2,1-3H3. The number of hydrogen-bond donors (Lipinski definition) is 4. The van der Waals surface area contributed by atoms with Gasteiger partial charge in [0.1, 0.15) is 0 Å². The van der Waals surface area contributed by atoms with Crippen LogP contribution in [-0.2, 0) is 12.8 Å². The molecule has 208 valence electrons. The Bertz CT molecular complexity index is 813. The molecule has 0 radical (unpaired) electrons. The number of aliphatic hydroxyl groups is 2. The first-order chi connectivity index (χ1) is 17.4. The number of aliphatic hydroxyl groups excluding tert-OH is 2. The van der Waals surface area contributed by atoms with E-state index in [4.69, 9.17) is 10.2 Å². The van der Waals surface area contributed by atoms with Crippen LogP contribution < -0.4 is 0 Å². The van der Waals surface area contributed by atoms with Crippen LogP contribution >= 0.6 is 0 Å². The molecule has 0 heterocycles. The summed E-state index contributed by atoms with van der Waals surface area (Å²) in [7, 11) is 0. The second-order valence-corrected chi connectivity index (χ2v) is 10.2. The lowest BCUT2D eigenvalue weighted by molar-refractivity contribution is 0.00713. The fourth-order valence-corrected chi connectivity index (χ4v) is 3.92. The van der Waals surface area contributed by atoms with Crippen molar-refractivity contribution in [3.05, 3.63) is 70.8 Å². The van der Waals surface area contributed by atoms with E-state index in [0.29, 0.717) is 23.0 Å². The third kappa shape index (κ3) is 14.6. The van der Waals surface area contributed by atoms with Crippen molar-refractivity contribution in [1.29, 1.82) is 0 Å². The molecular formula is C31H48O6. The molecule has 0 aliphatic rings. The topological polar surface area (TPSA) is 115 Å². The molecule has 6 nitrogen and oxygen atoms in total. The first kappa shape index (κ1) is 34.3. The van der Waals surface area contributed by atoms with Gasteiger partial charge in [0.2, 0.25) is 0 Å². The van der Waals surface area contributed by atoms with E-state index >= 15 is 0 Å². The van der Waals surface area contributed by atoms with Crippen LogP contribution in [0.1, 0.15) is 99.6 Å². The Labute approximate surface area is 223 Å². The van der Waals surface area contributed by atoms with Gasteiger partial charge in [0, 0.05) is 5.92 Å². The highest BCUT2D eigenvalue weighted by Gasteiger charge is 2.22. The molecule has 4 N–H and O–H groups in total. The Morgan fingerprint density at radius 3 is 1.08 bits per heavy atom. The minimum atomic E-state index is -0.865. The minimum Gasteiger partial charge on any atom is -0.478 e. The maximum atomic E-state index is 10.5. The summed E-state index contributed by atoms with van der Waals surface area (Å²) >= 11 is 0. The predicted octanol–water partition coefficient (Wildman–Crippen LogP) is 6.72. The summed E-state index contributed by atoms with van der Waals surface area (Å²) < 4.78 is 0. The summed E-state index contributed by atoms with van der Waals surface area (Å²) in [5, 5.41) is 36.2. The predicted molar refractivity (Wildman–Crippen MR) is 150 cm³/mol. The van der Waals surface area contributed by atoms with E-state index in [-0.39, 0.29) is 18.1 Å². The van der Waals surface area contributed by atoms with E-state index in [1.807, 2.05) is 45.0 Å². The lowest BCUT2D eigenvalue weighted by atomic mass is 9.90. The van der Waals surface area contributed by atoms with Crippen LogP contribution in [0.4, 0.5) is 0 Å². The van der Waals surface area contributed by atoms with Crippen LogP contribution in [0.5, 0.6) is 0 Å². The van der Waals surface area contributed by atoms with Crippen molar-refractivity contribution < 1.29 is 30.0 Å². The molecule has 0 aliphatic carbocycles. The zero-order chi connectivity index (χ0) is 28.5. The first-order valence-corrected chi connectivity index (χ1v) is 13.4. The fraction of sp³-hybridized carbons (Fsp3) is 0.548. The summed E-state index contributed by atoms with van der Waals surface area (Å²) in [6, 6.07) is 14.1. The van der Waals surface area contributed by atoms with Gasteiger partial charge in [-0.25, -0.2) is 9.59 Å². The van der Waals surface area contributed by atoms with Crippen molar-refractivity contribution in [3.63, 3.8) is 0 Å². The van der Waals surface area contributed by atoms with Gasteiger partial charge in [0.15, 0.2) is 0 Å². The van der Waals surface area contributed by atoms with E-state index in [2.05, 4.69) is 27.7 Å². The molecule has 2 aromatic carbocycles. The van der Waals surface area contributed by atoms with Crippen LogP contribution in [-0.4, -0.2) is 44.6 Å². The summed E-state index contributed by atoms with van der Waals surface area (Å²) in [6.45, 7) is 14.5. The van der Waals surface area contributed by atoms with Crippen molar-refractivity contribution in [3.8, 4) is 0 Å². The molecule has 0 saturated carbocycles. The molecule has 37 heavy (non-hydrogen) atoms. The fourth-order valence-electron chi connectivity index (χ4n) is 3.92. The van der Waals surface area contributed by atoms with Gasteiger partial charge in [0.25, 0.3) is 0 Å². The highest BCUT2D eigenvalue weighted by atomic mass is 16.4. The van der Waals surface area contributed by atoms with Crippen LogP contribution in [0.3, 0.4) is 0 Å². The molecule has 2 aromatic rings. The molecular weight excluding hydrogens is 468 g/mol. The molecule has 0 bridgehead atoms. The van der Waals surface area contributed by atoms with Gasteiger partial charge in [-0.3, -0.25) is 0 Å². The molecule has 0 aromatic heterocycles. The summed E-state index contributed by atoms with van der Waals surface area (Å²) in [4.78, 5) is 21.1. The Morgan fingerprint density at radius 1 is 0.595 bits per heavy atom. The van der Waals surface area contributed by atoms with Crippen molar-refractivity contribution in [2.45, 2.75) is 92.8 Å². The van der Waals surface area contributed by atoms with Gasteiger partial charge in [0.05, 0.1) is 23.3 Å². The van der Waals surface area contributed by atoms with Crippen LogP contribution in [0, 0.1) is 17.8 Å². The number of carbonyl (C=O) groups is 2. The Morgan fingerprint density at radius 2 is 0.892 bits per heavy atom. The molecule has 0 spiro atoms. The third-order valence-electron chi connectivity index (χ3n) is 5.99. The first-order valence-electron chi connectivity index (χ1n) is 13.4. The zero-order valence-electron chi connectivity index (χ0n) is 23.6. The average molecular weight is 517 g/mol. The maximum absolute atomic E-state index is 10.5. The monoisotopic (exact) mass is 516 g/mol. The molecule has 6 heteroatoms. The highest BCUT2D eigenvalue weighted by Crippen LogP contribution is 2.18. The number of carboxylic acid groups (broad SMARTS) is 2. The molecule has 0 saturated heterocycles. The van der Waals surface area contributed by atoms with E-state index < -0.39 is 11.9 Å². The number of hydrogen-bond acceptors (Lipinski definition) is 4. The lowest BCUT2D eigenvalue weighted by Gasteiger charge is -2.24. The van der Waals surface area contributed by atoms with Gasteiger partial charge in [-0.05, 0) is 79.3 Å². The van der Waals surface area contributed by atoms with Gasteiger partial charge in [-0.1, -0.05) is 72.7 Å². The Kier molecular flexibility index (Phi) is 17.2. The van der Waals surface area contributed by atoms with E-state index in [0.717, 1.165) is 32.1 Å². The third-order valence-corrected chi connectivity index (χ3v) is 5.99. The molecule has 0 fully saturated rings. The van der Waals surface area contributed by atoms with Crippen molar-refractivity contribution >= 4 is 11.9 Å². The van der Waals surface area contributed by atoms with Gasteiger partial charge in [-0.15, -0.1) is 0 Å². The van der Waals surface area contributed by atoms with Crippen molar-refractivity contribution in [1.82, 2.24) is 0 Å². The van der Waals surface area contributed by atoms with E-state index in [1.54, 1.807) is 24.3 Å². The molecule has 2 rings (SSSR count). The van der Waals surface area contributed by atoms with Crippen molar-refractivity contribution in [2.75, 3.05) is 0 Å². The SMILES string of the molecule is CC(C)Cc1ccc(C(=O)O)cc1.CC(C)Cc1ccc(C(=O)O)cc1.CCC(O)C(CC)C(O)CC. The van der Waals surface area contributed by atoms with Crippen LogP contribution in [0.15, 0.2) is 48.5 Å². The quantitative estimate of drug-likeness (QED) is 0.263. The van der Waals surface area contributed by atoms with E-state index in [9.17, 15) is 19.8 Å². The average Bonchev–Trinajstić information content (AvgIpc) is 2.85. The summed E-state index contributed by atoms with van der Waals surface area (Å²) in [5.41, 5.74) is 3.10. The normalized spacial score (nSPS) is 13.1. The molecule has 2 atom stereocenters. The second-order valence-electron chi connectivity index (χ2n) is 10.2. The maximum Gasteiger partial charge on any atom is 0.335 e. The molecule has 0 amide bonds. The van der Waals surface area contributed by atoms with Crippen LogP contribution in [0.25, 0.3) is 0 Å². The van der Waals surface area contributed by atoms with Gasteiger partial charge < -0.3 is 20.4 Å². The van der Waals surface area contributed by atoms with E-state index in [1.165, 1.54) is 11.1 Å². The van der Waals surface area contributed by atoms with Gasteiger partial charge in [-0.2, -0.15) is 0 Å². The Balaban J connectivity index is 0.000000528. The number of aromatic carboxylic acids is 2. The summed E-state index contributed by atoms with van der Waals surface area (Å²) in [6.07, 6.45) is 3.64. The number of rotatable bonds is 11. The minimum absolute atomic E-state index is 0.0602.